The van der Waals surface area contributed by atoms with Crippen LogP contribution in [0.2, 0.25) is 0 Å². The number of ether oxygens (including phenoxy) is 3. The van der Waals surface area contributed by atoms with Gasteiger partial charge in [-0.25, -0.2) is 4.79 Å². The first kappa shape index (κ1) is 18.5. The Bertz CT molecular complexity index is 875. The maximum absolute atomic E-state index is 12.0. The molecule has 0 saturated heterocycles. The molecule has 1 N–H and O–H groups in total. The van der Waals surface area contributed by atoms with Crippen LogP contribution in [-0.4, -0.2) is 25.3 Å². The van der Waals surface area contributed by atoms with Crippen LogP contribution >= 0.6 is 0 Å². The molecule has 0 spiro atoms. The van der Waals surface area contributed by atoms with E-state index in [2.05, 4.69) is 5.32 Å². The van der Waals surface area contributed by atoms with Gasteiger partial charge in [0.2, 0.25) is 6.79 Å². The molecule has 0 aromatic heterocycles. The fourth-order valence-corrected chi connectivity index (χ4v) is 2.67. The van der Waals surface area contributed by atoms with Crippen molar-refractivity contribution in [2.24, 2.45) is 0 Å². The summed E-state index contributed by atoms with van der Waals surface area (Å²) in [5.74, 6) is 0.396. The molecule has 0 fully saturated rings. The van der Waals surface area contributed by atoms with Gasteiger partial charge in [0.25, 0.3) is 5.91 Å². The number of carbonyl (C=O) groups excluding carboxylic acids is 2. The molecule has 0 aliphatic carbocycles. The number of hydrogen-bond acceptors (Lipinski definition) is 5. The molecular weight excluding hydrogens is 346 g/mol. The summed E-state index contributed by atoms with van der Waals surface area (Å²) in [6.07, 6.45) is 2.96. The molecule has 1 heterocycles. The van der Waals surface area contributed by atoms with E-state index in [1.165, 1.54) is 6.08 Å². The molecule has 6 nitrogen and oxygen atoms in total. The molecule has 1 atom stereocenters. The number of nitrogens with one attached hydrogen (secondary N) is 1. The predicted molar refractivity (Wildman–Crippen MR) is 100 cm³/mol. The highest BCUT2D eigenvalue weighted by Gasteiger charge is 2.17. The molecule has 2 aromatic carbocycles. The summed E-state index contributed by atoms with van der Waals surface area (Å²) in [7, 11) is 0. The second-order valence-corrected chi connectivity index (χ2v) is 6.26. The number of aryl methyl sites for hydroxylation is 1. The van der Waals surface area contributed by atoms with E-state index in [1.807, 2.05) is 50.2 Å². The molecule has 3 rings (SSSR count). The lowest BCUT2D eigenvalue weighted by Gasteiger charge is -2.14. The minimum absolute atomic E-state index is 0.200. The van der Waals surface area contributed by atoms with Gasteiger partial charge in [-0.15, -0.1) is 0 Å². The van der Waals surface area contributed by atoms with Crippen molar-refractivity contribution in [2.45, 2.75) is 19.9 Å². The van der Waals surface area contributed by atoms with Crippen molar-refractivity contribution in [2.75, 3.05) is 13.4 Å². The average Bonchev–Trinajstić information content (AvgIpc) is 3.12. The minimum atomic E-state index is -0.567. The lowest BCUT2D eigenvalue weighted by Crippen LogP contribution is -2.30. The number of fused-ring (bicyclic) bond motifs is 1. The third kappa shape index (κ3) is 5.10. The molecule has 0 saturated carbocycles. The normalized spacial score (nSPS) is 13.4. The van der Waals surface area contributed by atoms with Crippen molar-refractivity contribution in [3.63, 3.8) is 0 Å². The molecule has 0 unspecified atom stereocenters. The van der Waals surface area contributed by atoms with Crippen LogP contribution in [0.1, 0.15) is 29.7 Å². The molecule has 1 amide bonds. The largest absolute Gasteiger partial charge is 0.454 e. The maximum atomic E-state index is 12.0. The van der Waals surface area contributed by atoms with Crippen LogP contribution in [0, 0.1) is 6.92 Å². The summed E-state index contributed by atoms with van der Waals surface area (Å²) in [6, 6.07) is 12.9. The van der Waals surface area contributed by atoms with Gasteiger partial charge in [-0.2, -0.15) is 0 Å². The summed E-state index contributed by atoms with van der Waals surface area (Å²) >= 11 is 0. The van der Waals surface area contributed by atoms with Crippen molar-refractivity contribution in [3.8, 4) is 11.5 Å². The second kappa shape index (κ2) is 8.40. The summed E-state index contributed by atoms with van der Waals surface area (Å²) < 4.78 is 15.6. The van der Waals surface area contributed by atoms with Gasteiger partial charge in [0.15, 0.2) is 18.1 Å². The lowest BCUT2D eigenvalue weighted by atomic mass is 10.1. The van der Waals surface area contributed by atoms with Gasteiger partial charge in [-0.3, -0.25) is 4.79 Å². The van der Waals surface area contributed by atoms with Crippen molar-refractivity contribution < 1.29 is 23.8 Å². The summed E-state index contributed by atoms with van der Waals surface area (Å²) in [6.45, 7) is 3.67. The number of amides is 1. The van der Waals surface area contributed by atoms with Crippen LogP contribution < -0.4 is 14.8 Å². The Kier molecular flexibility index (Phi) is 5.76. The number of hydrogen-bond donors (Lipinski definition) is 1. The zero-order valence-corrected chi connectivity index (χ0v) is 15.2. The van der Waals surface area contributed by atoms with Crippen LogP contribution in [-0.2, 0) is 14.3 Å². The first-order valence-corrected chi connectivity index (χ1v) is 8.61. The SMILES string of the molecule is Cc1cccc(/C=C/C(=O)OCC(=O)N[C@H](C)c2ccc3c(c2)OCO3)c1. The van der Waals surface area contributed by atoms with Crippen molar-refractivity contribution in [3.05, 3.63) is 65.2 Å². The van der Waals surface area contributed by atoms with E-state index in [0.717, 1.165) is 16.7 Å². The minimum Gasteiger partial charge on any atom is -0.454 e. The van der Waals surface area contributed by atoms with E-state index in [4.69, 9.17) is 14.2 Å². The fourth-order valence-electron chi connectivity index (χ4n) is 2.67. The highest BCUT2D eigenvalue weighted by Crippen LogP contribution is 2.34. The fraction of sp³-hybridized carbons (Fsp3) is 0.238. The quantitative estimate of drug-likeness (QED) is 0.627. The van der Waals surface area contributed by atoms with Crippen LogP contribution in [0.4, 0.5) is 0 Å². The standard InChI is InChI=1S/C21H21NO5/c1-14-4-3-5-16(10-14)6-9-21(24)25-12-20(23)22-15(2)17-7-8-18-19(11-17)27-13-26-18/h3-11,15H,12-13H2,1-2H3,(H,22,23)/b9-6+/t15-/m1/s1. The molecular formula is C21H21NO5. The first-order valence-electron chi connectivity index (χ1n) is 8.61. The van der Waals surface area contributed by atoms with Crippen molar-refractivity contribution in [1.82, 2.24) is 5.32 Å². The second-order valence-electron chi connectivity index (χ2n) is 6.26. The van der Waals surface area contributed by atoms with Crippen molar-refractivity contribution in [1.29, 1.82) is 0 Å². The molecule has 0 radical (unpaired) electrons. The van der Waals surface area contributed by atoms with E-state index in [9.17, 15) is 9.59 Å². The molecule has 1 aliphatic heterocycles. The smallest absolute Gasteiger partial charge is 0.331 e. The Balaban J connectivity index is 1.47. The van der Waals surface area contributed by atoms with Gasteiger partial charge in [0.1, 0.15) is 0 Å². The zero-order chi connectivity index (χ0) is 19.2. The number of benzene rings is 2. The third-order valence-corrected chi connectivity index (χ3v) is 4.07. The molecule has 6 heteroatoms. The van der Waals surface area contributed by atoms with Gasteiger partial charge in [0, 0.05) is 6.08 Å². The molecule has 0 bridgehead atoms. The molecule has 2 aromatic rings. The highest BCUT2D eigenvalue weighted by atomic mass is 16.7. The van der Waals surface area contributed by atoms with E-state index in [-0.39, 0.29) is 25.3 Å². The van der Waals surface area contributed by atoms with E-state index >= 15 is 0 Å². The van der Waals surface area contributed by atoms with Gasteiger partial charge in [0.05, 0.1) is 6.04 Å². The van der Waals surface area contributed by atoms with Crippen LogP contribution in [0.15, 0.2) is 48.5 Å². The Morgan fingerprint density at radius 2 is 2.00 bits per heavy atom. The predicted octanol–water partition coefficient (Wildman–Crippen LogP) is 3.16. The zero-order valence-electron chi connectivity index (χ0n) is 15.2. The van der Waals surface area contributed by atoms with Crippen molar-refractivity contribution >= 4 is 18.0 Å². The Morgan fingerprint density at radius 3 is 2.81 bits per heavy atom. The maximum Gasteiger partial charge on any atom is 0.331 e. The monoisotopic (exact) mass is 367 g/mol. The van der Waals surface area contributed by atoms with E-state index < -0.39 is 5.97 Å². The summed E-state index contributed by atoms with van der Waals surface area (Å²) in [5, 5.41) is 2.79. The van der Waals surface area contributed by atoms with Crippen LogP contribution in [0.3, 0.4) is 0 Å². The van der Waals surface area contributed by atoms with Crippen LogP contribution in [0.5, 0.6) is 11.5 Å². The summed E-state index contributed by atoms with van der Waals surface area (Å²) in [5.41, 5.74) is 2.87. The Hall–Kier alpha value is -3.28. The molecule has 1 aliphatic rings. The molecule has 140 valence electrons. The molecule has 27 heavy (non-hydrogen) atoms. The topological polar surface area (TPSA) is 73.9 Å². The van der Waals surface area contributed by atoms with Gasteiger partial charge in [-0.05, 0) is 43.2 Å². The highest BCUT2D eigenvalue weighted by molar-refractivity contribution is 5.89. The number of esters is 1. The summed E-state index contributed by atoms with van der Waals surface area (Å²) in [4.78, 5) is 23.8. The van der Waals surface area contributed by atoms with E-state index in [1.54, 1.807) is 12.1 Å². The van der Waals surface area contributed by atoms with Gasteiger partial charge in [-0.1, -0.05) is 35.9 Å². The lowest BCUT2D eigenvalue weighted by molar-refractivity contribution is -0.144. The van der Waals surface area contributed by atoms with E-state index in [0.29, 0.717) is 11.5 Å². The average molecular weight is 367 g/mol. The third-order valence-electron chi connectivity index (χ3n) is 4.07. The van der Waals surface area contributed by atoms with Gasteiger partial charge < -0.3 is 19.5 Å². The number of rotatable bonds is 6. The Labute approximate surface area is 157 Å². The number of carbonyl (C=O) groups is 2. The Morgan fingerprint density at radius 1 is 1.19 bits per heavy atom. The van der Waals surface area contributed by atoms with Gasteiger partial charge >= 0.3 is 5.97 Å². The first-order chi connectivity index (χ1) is 13.0. The van der Waals surface area contributed by atoms with Crippen LogP contribution in [0.25, 0.3) is 6.08 Å².